The van der Waals surface area contributed by atoms with E-state index in [1.165, 1.54) is 36.7 Å². The molecule has 0 aliphatic rings. The molecule has 0 saturated heterocycles. The van der Waals surface area contributed by atoms with E-state index in [0.717, 1.165) is 12.1 Å². The molecule has 3 aromatic heterocycles. The summed E-state index contributed by atoms with van der Waals surface area (Å²) in [5, 5.41) is 17.6. The molecule has 1 amide bonds. The maximum absolute atomic E-state index is 13.1. The summed E-state index contributed by atoms with van der Waals surface area (Å²) >= 11 is 0. The summed E-state index contributed by atoms with van der Waals surface area (Å²) in [6, 6.07) is 11.1. The number of nitrogens with one attached hydrogen (secondary N) is 1. The van der Waals surface area contributed by atoms with Crippen LogP contribution in [0.15, 0.2) is 67.1 Å². The van der Waals surface area contributed by atoms with Gasteiger partial charge in [-0.25, -0.2) is 9.50 Å². The topological polar surface area (TPSA) is 102 Å². The van der Waals surface area contributed by atoms with E-state index < -0.39 is 29.7 Å². The highest BCUT2D eigenvalue weighted by atomic mass is 19.4. The zero-order chi connectivity index (χ0) is 24.5. The number of halogens is 3. The van der Waals surface area contributed by atoms with Gasteiger partial charge in [-0.3, -0.25) is 9.78 Å². The second-order valence-electron chi connectivity index (χ2n) is 8.03. The quantitative estimate of drug-likeness (QED) is 0.442. The molecule has 8 nitrogen and oxygen atoms in total. The van der Waals surface area contributed by atoms with E-state index in [4.69, 9.17) is 0 Å². The number of aliphatic hydroxyl groups is 1. The van der Waals surface area contributed by atoms with Crippen molar-refractivity contribution in [1.29, 1.82) is 0 Å². The van der Waals surface area contributed by atoms with Gasteiger partial charge in [-0.2, -0.15) is 5.10 Å². The number of hydrogen-bond acceptors (Lipinski definition) is 6. The molecule has 0 aliphatic carbocycles. The van der Waals surface area contributed by atoms with Crippen LogP contribution in [0, 0.1) is 0 Å². The minimum Gasteiger partial charge on any atom is -0.406 e. The first-order valence-corrected chi connectivity index (χ1v) is 10.2. The molecular formula is C23H20F3N5O3. The molecule has 0 unspecified atom stereocenters. The number of alkyl halides is 3. The van der Waals surface area contributed by atoms with Crippen molar-refractivity contribution in [3.8, 4) is 17.1 Å². The Hall–Kier alpha value is -3.99. The van der Waals surface area contributed by atoms with Crippen LogP contribution in [0.3, 0.4) is 0 Å². The van der Waals surface area contributed by atoms with E-state index in [-0.39, 0.29) is 11.2 Å². The number of carbonyl (C=O) groups is 1. The SMILES string of the molecule is CC(C)(O)[C@@H](NC(=O)c1cnn2ccc(-c3ccccn3)nc12)c1ccc(OC(F)(F)F)cc1. The molecule has 0 radical (unpaired) electrons. The second-order valence-corrected chi connectivity index (χ2v) is 8.03. The standard InChI is InChI=1S/C23H20F3N5O3/c1-22(2,33)19(14-6-8-15(9-7-14)34-23(24,25)26)30-21(32)16-13-28-31-12-10-18(29-20(16)31)17-5-3-4-11-27-17/h3-13,19,33H,1-2H3,(H,30,32)/t19-/m0/s1. The van der Waals surface area contributed by atoms with Crippen molar-refractivity contribution < 1.29 is 27.8 Å². The number of fused-ring (bicyclic) bond motifs is 1. The zero-order valence-corrected chi connectivity index (χ0v) is 18.1. The van der Waals surface area contributed by atoms with Gasteiger partial charge in [0.1, 0.15) is 11.3 Å². The lowest BCUT2D eigenvalue weighted by Crippen LogP contribution is -2.42. The summed E-state index contributed by atoms with van der Waals surface area (Å²) in [4.78, 5) is 21.9. The smallest absolute Gasteiger partial charge is 0.406 e. The Morgan fingerprint density at radius 3 is 2.44 bits per heavy atom. The molecule has 4 rings (SSSR count). The lowest BCUT2D eigenvalue weighted by Gasteiger charge is -2.30. The van der Waals surface area contributed by atoms with Crippen LogP contribution in [0.25, 0.3) is 17.0 Å². The van der Waals surface area contributed by atoms with Crippen LogP contribution in [0.4, 0.5) is 13.2 Å². The number of benzene rings is 1. The van der Waals surface area contributed by atoms with Crippen molar-refractivity contribution in [3.05, 3.63) is 78.2 Å². The van der Waals surface area contributed by atoms with Crippen molar-refractivity contribution in [2.24, 2.45) is 0 Å². The normalized spacial score (nSPS) is 13.0. The van der Waals surface area contributed by atoms with Gasteiger partial charge < -0.3 is 15.2 Å². The fraction of sp³-hybridized carbons (Fsp3) is 0.217. The Morgan fingerprint density at radius 1 is 1.09 bits per heavy atom. The van der Waals surface area contributed by atoms with Gasteiger partial charge in [0.15, 0.2) is 5.65 Å². The first kappa shape index (κ1) is 23.2. The lowest BCUT2D eigenvalue weighted by atomic mass is 9.91. The number of carbonyl (C=O) groups excluding carboxylic acids is 1. The number of ether oxygens (including phenoxy) is 1. The van der Waals surface area contributed by atoms with Crippen LogP contribution in [-0.4, -0.2) is 42.6 Å². The minimum atomic E-state index is -4.82. The highest BCUT2D eigenvalue weighted by molar-refractivity contribution is 6.00. The number of pyridine rings is 1. The first-order valence-electron chi connectivity index (χ1n) is 10.2. The second kappa shape index (κ2) is 8.75. The third-order valence-electron chi connectivity index (χ3n) is 4.97. The van der Waals surface area contributed by atoms with Crippen LogP contribution in [0.5, 0.6) is 5.75 Å². The van der Waals surface area contributed by atoms with Crippen molar-refractivity contribution in [2.45, 2.75) is 31.9 Å². The van der Waals surface area contributed by atoms with Gasteiger partial charge in [0, 0.05) is 12.4 Å². The van der Waals surface area contributed by atoms with E-state index in [9.17, 15) is 23.1 Å². The first-order chi connectivity index (χ1) is 16.0. The predicted molar refractivity (Wildman–Crippen MR) is 116 cm³/mol. The van der Waals surface area contributed by atoms with Crippen molar-refractivity contribution in [1.82, 2.24) is 24.9 Å². The molecule has 0 saturated carbocycles. The van der Waals surface area contributed by atoms with E-state index in [1.54, 1.807) is 30.6 Å². The molecule has 3 heterocycles. The summed E-state index contributed by atoms with van der Waals surface area (Å²) < 4.78 is 42.7. The van der Waals surface area contributed by atoms with Crippen LogP contribution < -0.4 is 10.1 Å². The van der Waals surface area contributed by atoms with Gasteiger partial charge in [-0.05, 0) is 49.7 Å². The predicted octanol–water partition coefficient (Wildman–Crippen LogP) is 3.93. The maximum Gasteiger partial charge on any atom is 0.573 e. The van der Waals surface area contributed by atoms with E-state index >= 15 is 0 Å². The summed E-state index contributed by atoms with van der Waals surface area (Å²) in [6.07, 6.45) is -0.197. The highest BCUT2D eigenvalue weighted by Crippen LogP contribution is 2.29. The number of amides is 1. The Morgan fingerprint density at radius 2 is 1.82 bits per heavy atom. The Bertz CT molecular complexity index is 1300. The number of hydrogen-bond donors (Lipinski definition) is 2. The molecule has 34 heavy (non-hydrogen) atoms. The molecule has 11 heteroatoms. The maximum atomic E-state index is 13.1. The van der Waals surface area contributed by atoms with Crippen LogP contribution in [0.2, 0.25) is 0 Å². The van der Waals surface area contributed by atoms with Gasteiger partial charge in [0.05, 0.1) is 29.2 Å². The summed E-state index contributed by atoms with van der Waals surface area (Å²) in [5.41, 5.74) is 0.537. The fourth-order valence-electron chi connectivity index (χ4n) is 3.42. The molecule has 0 fully saturated rings. The third-order valence-corrected chi connectivity index (χ3v) is 4.97. The molecule has 0 spiro atoms. The van der Waals surface area contributed by atoms with E-state index in [0.29, 0.717) is 17.0 Å². The molecule has 176 valence electrons. The van der Waals surface area contributed by atoms with Crippen LogP contribution in [-0.2, 0) is 0 Å². The van der Waals surface area contributed by atoms with Gasteiger partial charge in [0.2, 0.25) is 0 Å². The van der Waals surface area contributed by atoms with Gasteiger partial charge >= 0.3 is 6.36 Å². The van der Waals surface area contributed by atoms with Crippen molar-refractivity contribution >= 4 is 11.6 Å². The average Bonchev–Trinajstić information content (AvgIpc) is 3.20. The van der Waals surface area contributed by atoms with Crippen LogP contribution >= 0.6 is 0 Å². The molecule has 1 aromatic carbocycles. The monoisotopic (exact) mass is 471 g/mol. The summed E-state index contributed by atoms with van der Waals surface area (Å²) in [6.45, 7) is 2.96. The molecule has 0 bridgehead atoms. The van der Waals surface area contributed by atoms with Crippen LogP contribution in [0.1, 0.15) is 35.8 Å². The van der Waals surface area contributed by atoms with Crippen molar-refractivity contribution in [3.63, 3.8) is 0 Å². The van der Waals surface area contributed by atoms with Gasteiger partial charge in [-0.1, -0.05) is 18.2 Å². The molecule has 2 N–H and O–H groups in total. The number of aromatic nitrogens is 4. The average molecular weight is 471 g/mol. The number of rotatable bonds is 6. The zero-order valence-electron chi connectivity index (χ0n) is 18.1. The van der Waals surface area contributed by atoms with Gasteiger partial charge in [-0.15, -0.1) is 13.2 Å². The molecular weight excluding hydrogens is 451 g/mol. The van der Waals surface area contributed by atoms with Crippen molar-refractivity contribution in [2.75, 3.05) is 0 Å². The Labute approximate surface area is 192 Å². The summed E-state index contributed by atoms with van der Waals surface area (Å²) in [7, 11) is 0. The molecule has 0 aliphatic heterocycles. The fourth-order valence-corrected chi connectivity index (χ4v) is 3.42. The third kappa shape index (κ3) is 5.15. The Balaban J connectivity index is 1.62. The summed E-state index contributed by atoms with van der Waals surface area (Å²) in [5.74, 6) is -0.977. The number of nitrogens with zero attached hydrogens (tertiary/aromatic N) is 4. The van der Waals surface area contributed by atoms with E-state index in [2.05, 4.69) is 25.1 Å². The minimum absolute atomic E-state index is 0.157. The van der Waals surface area contributed by atoms with Gasteiger partial charge in [0.25, 0.3) is 5.91 Å². The van der Waals surface area contributed by atoms with E-state index in [1.807, 2.05) is 6.07 Å². The highest BCUT2D eigenvalue weighted by Gasteiger charge is 2.33. The molecule has 1 atom stereocenters. The lowest BCUT2D eigenvalue weighted by molar-refractivity contribution is -0.274. The Kier molecular flexibility index (Phi) is 5.96. The molecule has 4 aromatic rings. The largest absolute Gasteiger partial charge is 0.573 e.